The Balaban J connectivity index is 1.76. The molecule has 0 aromatic carbocycles. The molecule has 1 aliphatic carbocycles. The molecule has 0 unspecified atom stereocenters. The van der Waals surface area contributed by atoms with E-state index in [0.29, 0.717) is 18.4 Å². The van der Waals surface area contributed by atoms with Gasteiger partial charge in [0.25, 0.3) is 0 Å². The van der Waals surface area contributed by atoms with Gasteiger partial charge in [-0.1, -0.05) is 0 Å². The van der Waals surface area contributed by atoms with Crippen LogP contribution in [0.1, 0.15) is 18.7 Å². The summed E-state index contributed by atoms with van der Waals surface area (Å²) in [7, 11) is 0. The first-order valence-electron chi connectivity index (χ1n) is 5.24. The number of rotatable bonds is 6. The largest absolute Gasteiger partial charge is 0.441 e. The van der Waals surface area contributed by atoms with Crippen LogP contribution in [-0.2, 0) is 13.1 Å². The van der Waals surface area contributed by atoms with Crippen molar-refractivity contribution in [2.24, 2.45) is 0 Å². The second-order valence-electron chi connectivity index (χ2n) is 3.77. The molecule has 1 N–H and O–H groups in total. The molecule has 0 amide bonds. The molecule has 2 rings (SSSR count). The third-order valence-electron chi connectivity index (χ3n) is 2.30. The van der Waals surface area contributed by atoms with E-state index in [9.17, 15) is 13.2 Å². The highest BCUT2D eigenvalue weighted by Gasteiger charge is 2.28. The van der Waals surface area contributed by atoms with Gasteiger partial charge in [0.05, 0.1) is 13.1 Å². The number of halogens is 3. The number of hydrogen-bond donors (Lipinski definition) is 1. The van der Waals surface area contributed by atoms with Gasteiger partial charge in [-0.15, -0.1) is 5.10 Å². The van der Waals surface area contributed by atoms with Gasteiger partial charge in [-0.3, -0.25) is 0 Å². The van der Waals surface area contributed by atoms with Crippen LogP contribution in [0.4, 0.5) is 13.2 Å². The maximum Gasteiger partial charge on any atom is 0.441 e. The zero-order valence-corrected chi connectivity index (χ0v) is 9.76. The summed E-state index contributed by atoms with van der Waals surface area (Å²) in [5.74, 6) is 0.505. The molecule has 5 nitrogen and oxygen atoms in total. The predicted octanol–water partition coefficient (Wildman–Crippen LogP) is 1.18. The van der Waals surface area contributed by atoms with Crippen molar-refractivity contribution in [3.8, 4) is 0 Å². The monoisotopic (exact) mass is 267 g/mol. The van der Waals surface area contributed by atoms with Crippen molar-refractivity contribution in [1.29, 1.82) is 0 Å². The van der Waals surface area contributed by atoms with Crippen LogP contribution in [0.3, 0.4) is 0 Å². The Hall–Kier alpha value is -0.830. The van der Waals surface area contributed by atoms with Crippen LogP contribution in [0.15, 0.2) is 0 Å². The zero-order chi connectivity index (χ0) is 12.3. The van der Waals surface area contributed by atoms with E-state index in [-0.39, 0.29) is 24.1 Å². The van der Waals surface area contributed by atoms with Crippen molar-refractivity contribution in [3.05, 3.63) is 5.82 Å². The SMILES string of the molecule is FC(F)(F)SCCn1nnnc1CNC1CC1. The lowest BCUT2D eigenvalue weighted by Crippen LogP contribution is -2.20. The van der Waals surface area contributed by atoms with Crippen molar-refractivity contribution < 1.29 is 13.2 Å². The molecule has 1 saturated carbocycles. The van der Waals surface area contributed by atoms with Gasteiger partial charge in [0.1, 0.15) is 0 Å². The number of aryl methyl sites for hydroxylation is 1. The molecule has 0 atom stereocenters. The lowest BCUT2D eigenvalue weighted by atomic mass is 10.5. The molecule has 96 valence electrons. The van der Waals surface area contributed by atoms with Crippen molar-refractivity contribution in [2.75, 3.05) is 5.75 Å². The molecule has 0 aliphatic heterocycles. The highest BCUT2D eigenvalue weighted by Crippen LogP contribution is 2.29. The Morgan fingerprint density at radius 1 is 1.41 bits per heavy atom. The van der Waals surface area contributed by atoms with Gasteiger partial charge in [0.2, 0.25) is 0 Å². The maximum absolute atomic E-state index is 11.9. The van der Waals surface area contributed by atoms with Crippen LogP contribution in [0.5, 0.6) is 0 Å². The molecule has 1 aliphatic rings. The highest BCUT2D eigenvalue weighted by atomic mass is 32.2. The molecule has 0 bridgehead atoms. The lowest BCUT2D eigenvalue weighted by Gasteiger charge is -2.07. The molecule has 1 aromatic heterocycles. The van der Waals surface area contributed by atoms with Gasteiger partial charge < -0.3 is 5.32 Å². The van der Waals surface area contributed by atoms with Gasteiger partial charge in [0.15, 0.2) is 5.82 Å². The number of alkyl halides is 3. The second kappa shape index (κ2) is 5.21. The number of aromatic nitrogens is 4. The summed E-state index contributed by atoms with van der Waals surface area (Å²) in [5.41, 5.74) is -4.19. The van der Waals surface area contributed by atoms with Crippen molar-refractivity contribution >= 4 is 11.8 Å². The number of nitrogens with one attached hydrogen (secondary N) is 1. The van der Waals surface area contributed by atoms with E-state index in [4.69, 9.17) is 0 Å². The zero-order valence-electron chi connectivity index (χ0n) is 8.94. The fourth-order valence-electron chi connectivity index (χ4n) is 1.29. The van der Waals surface area contributed by atoms with E-state index in [1.165, 1.54) is 4.68 Å². The van der Waals surface area contributed by atoms with Gasteiger partial charge in [-0.25, -0.2) is 4.68 Å². The predicted molar refractivity (Wildman–Crippen MR) is 56.2 cm³/mol. The van der Waals surface area contributed by atoms with E-state index in [2.05, 4.69) is 20.8 Å². The van der Waals surface area contributed by atoms with Crippen LogP contribution in [0.2, 0.25) is 0 Å². The summed E-state index contributed by atoms with van der Waals surface area (Å²) >= 11 is -0.0596. The van der Waals surface area contributed by atoms with Gasteiger partial charge in [-0.2, -0.15) is 13.2 Å². The number of thioether (sulfide) groups is 1. The quantitative estimate of drug-likeness (QED) is 0.838. The Morgan fingerprint density at radius 3 is 2.82 bits per heavy atom. The van der Waals surface area contributed by atoms with E-state index < -0.39 is 5.51 Å². The third kappa shape index (κ3) is 4.50. The first kappa shape index (κ1) is 12.6. The van der Waals surface area contributed by atoms with Crippen molar-refractivity contribution in [3.63, 3.8) is 0 Å². The van der Waals surface area contributed by atoms with Gasteiger partial charge in [-0.05, 0) is 35.0 Å². The van der Waals surface area contributed by atoms with Gasteiger partial charge >= 0.3 is 5.51 Å². The Bertz CT molecular complexity index is 362. The van der Waals surface area contributed by atoms with E-state index in [1.54, 1.807) is 0 Å². The average Bonchev–Trinajstić information content (AvgIpc) is 2.95. The van der Waals surface area contributed by atoms with E-state index in [0.717, 1.165) is 12.8 Å². The smallest absolute Gasteiger partial charge is 0.307 e. The second-order valence-corrected chi connectivity index (χ2v) is 4.93. The molecule has 9 heteroatoms. The summed E-state index contributed by atoms with van der Waals surface area (Å²) in [4.78, 5) is 0. The fraction of sp³-hybridized carbons (Fsp3) is 0.875. The number of hydrogen-bond acceptors (Lipinski definition) is 5. The third-order valence-corrected chi connectivity index (χ3v) is 3.02. The van der Waals surface area contributed by atoms with Crippen LogP contribution < -0.4 is 5.32 Å². The minimum atomic E-state index is -4.19. The van der Waals surface area contributed by atoms with Crippen LogP contribution >= 0.6 is 11.8 Å². The summed E-state index contributed by atoms with van der Waals surface area (Å²) in [6.07, 6.45) is 2.29. The number of tetrazole rings is 1. The van der Waals surface area contributed by atoms with E-state index in [1.807, 2.05) is 0 Å². The molecule has 0 spiro atoms. The van der Waals surface area contributed by atoms with Crippen molar-refractivity contribution in [1.82, 2.24) is 25.5 Å². The molecular formula is C8H12F3N5S. The average molecular weight is 267 g/mol. The maximum atomic E-state index is 11.9. The summed E-state index contributed by atoms with van der Waals surface area (Å²) in [5, 5.41) is 14.1. The lowest BCUT2D eigenvalue weighted by molar-refractivity contribution is -0.0328. The molecule has 1 aromatic rings. The fourth-order valence-corrected chi connectivity index (χ4v) is 1.79. The van der Waals surface area contributed by atoms with Crippen molar-refractivity contribution in [2.45, 2.75) is 37.5 Å². The normalized spacial score (nSPS) is 16.4. The van der Waals surface area contributed by atoms with E-state index >= 15 is 0 Å². The summed E-state index contributed by atoms with van der Waals surface area (Å²) in [6.45, 7) is 0.674. The first-order chi connectivity index (χ1) is 8.04. The van der Waals surface area contributed by atoms with Crippen LogP contribution in [-0.4, -0.2) is 37.5 Å². The molecule has 0 saturated heterocycles. The molecule has 1 fully saturated rings. The van der Waals surface area contributed by atoms with Crippen LogP contribution in [0, 0.1) is 0 Å². The molecule has 0 radical (unpaired) electrons. The minimum Gasteiger partial charge on any atom is -0.307 e. The topological polar surface area (TPSA) is 55.6 Å². The Labute approximate surface area is 100 Å². The number of nitrogens with zero attached hydrogens (tertiary/aromatic N) is 4. The Morgan fingerprint density at radius 2 is 2.18 bits per heavy atom. The summed E-state index contributed by atoms with van der Waals surface area (Å²) < 4.78 is 37.2. The van der Waals surface area contributed by atoms with Gasteiger partial charge in [0, 0.05) is 11.8 Å². The first-order valence-corrected chi connectivity index (χ1v) is 6.22. The molecule has 17 heavy (non-hydrogen) atoms. The minimum absolute atomic E-state index is 0.0596. The molecular weight excluding hydrogens is 255 g/mol. The Kier molecular flexibility index (Phi) is 3.87. The van der Waals surface area contributed by atoms with Crippen LogP contribution in [0.25, 0.3) is 0 Å². The molecule has 1 heterocycles. The summed E-state index contributed by atoms with van der Waals surface area (Å²) in [6, 6.07) is 0.518. The highest BCUT2D eigenvalue weighted by molar-refractivity contribution is 8.00. The standard InChI is InChI=1S/C8H12F3N5S/c9-8(10,11)17-4-3-16-7(13-14-15-16)5-12-6-1-2-6/h6,12H,1-5H2.